The summed E-state index contributed by atoms with van der Waals surface area (Å²) in [5.41, 5.74) is 1.53. The Morgan fingerprint density at radius 1 is 1.13 bits per heavy atom. The Kier molecular flexibility index (Phi) is 6.63. The van der Waals surface area contributed by atoms with Crippen molar-refractivity contribution >= 4 is 29.4 Å². The SMILES string of the molecule is CCOc1ccccc1C(=O)NCC(=O)Nc1cccc(CN2C(=O)CNC2=O)c1. The third kappa shape index (κ3) is 5.13. The van der Waals surface area contributed by atoms with E-state index in [1.807, 2.05) is 6.92 Å². The van der Waals surface area contributed by atoms with Gasteiger partial charge in [-0.3, -0.25) is 19.3 Å². The Bertz CT molecular complexity index is 959. The molecule has 5 amide bonds. The predicted octanol–water partition coefficient (Wildman–Crippen LogP) is 1.51. The minimum absolute atomic E-state index is 0.0125. The summed E-state index contributed by atoms with van der Waals surface area (Å²) >= 11 is 0. The van der Waals surface area contributed by atoms with E-state index in [4.69, 9.17) is 4.74 Å². The van der Waals surface area contributed by atoms with E-state index in [0.29, 0.717) is 29.2 Å². The van der Waals surface area contributed by atoms with Gasteiger partial charge >= 0.3 is 6.03 Å². The number of urea groups is 1. The lowest BCUT2D eigenvalue weighted by molar-refractivity contribution is -0.125. The van der Waals surface area contributed by atoms with Crippen molar-refractivity contribution in [2.24, 2.45) is 0 Å². The summed E-state index contributed by atoms with van der Waals surface area (Å²) in [7, 11) is 0. The molecular weight excluding hydrogens is 388 g/mol. The zero-order chi connectivity index (χ0) is 21.5. The van der Waals surface area contributed by atoms with Crippen molar-refractivity contribution in [2.45, 2.75) is 13.5 Å². The van der Waals surface area contributed by atoms with E-state index < -0.39 is 17.8 Å². The molecule has 30 heavy (non-hydrogen) atoms. The summed E-state index contributed by atoms with van der Waals surface area (Å²) in [6.45, 7) is 2.12. The van der Waals surface area contributed by atoms with E-state index in [9.17, 15) is 19.2 Å². The summed E-state index contributed by atoms with van der Waals surface area (Å²) in [6.07, 6.45) is 0. The van der Waals surface area contributed by atoms with E-state index in [2.05, 4.69) is 16.0 Å². The molecule has 2 aromatic carbocycles. The molecule has 3 rings (SSSR count). The number of para-hydroxylation sites is 1. The molecule has 1 saturated heterocycles. The molecule has 1 fully saturated rings. The zero-order valence-electron chi connectivity index (χ0n) is 16.4. The lowest BCUT2D eigenvalue weighted by atomic mass is 10.2. The first kappa shape index (κ1) is 20.8. The predicted molar refractivity (Wildman–Crippen MR) is 109 cm³/mol. The second-order valence-electron chi connectivity index (χ2n) is 6.50. The molecule has 9 heteroatoms. The van der Waals surface area contributed by atoms with Crippen LogP contribution in [-0.4, -0.2) is 48.3 Å². The van der Waals surface area contributed by atoms with Gasteiger partial charge in [-0.25, -0.2) is 4.79 Å². The van der Waals surface area contributed by atoms with Gasteiger partial charge in [-0.05, 0) is 36.8 Å². The Hall–Kier alpha value is -3.88. The standard InChI is InChI=1S/C21H22N4O5/c1-2-30-17-9-4-3-8-16(17)20(28)22-11-18(26)24-15-7-5-6-14(10-15)13-25-19(27)12-23-21(25)29/h3-10H,2,11-13H2,1H3,(H,22,28)(H,23,29)(H,24,26). The van der Waals surface area contributed by atoms with Crippen LogP contribution < -0.4 is 20.7 Å². The number of rotatable bonds is 8. The van der Waals surface area contributed by atoms with Crippen molar-refractivity contribution in [3.8, 4) is 5.75 Å². The van der Waals surface area contributed by atoms with E-state index in [0.717, 1.165) is 4.90 Å². The summed E-state index contributed by atoms with van der Waals surface area (Å²) in [5.74, 6) is -0.679. The molecule has 0 unspecified atom stereocenters. The van der Waals surface area contributed by atoms with Crippen LogP contribution in [0.3, 0.4) is 0 Å². The maximum atomic E-state index is 12.4. The van der Waals surface area contributed by atoms with Crippen molar-refractivity contribution in [1.29, 1.82) is 0 Å². The number of carbonyl (C=O) groups is 4. The highest BCUT2D eigenvalue weighted by Gasteiger charge is 2.28. The van der Waals surface area contributed by atoms with Crippen LogP contribution >= 0.6 is 0 Å². The van der Waals surface area contributed by atoms with Crippen molar-refractivity contribution in [2.75, 3.05) is 25.0 Å². The van der Waals surface area contributed by atoms with Gasteiger partial charge in [-0.15, -0.1) is 0 Å². The molecule has 2 aromatic rings. The number of nitrogens with one attached hydrogen (secondary N) is 3. The minimum atomic E-state index is -0.440. The molecule has 3 N–H and O–H groups in total. The van der Waals surface area contributed by atoms with Crippen LogP contribution in [0.5, 0.6) is 5.75 Å². The van der Waals surface area contributed by atoms with Crippen LogP contribution in [0, 0.1) is 0 Å². The van der Waals surface area contributed by atoms with Crippen LogP contribution in [0.1, 0.15) is 22.8 Å². The van der Waals surface area contributed by atoms with Crippen molar-refractivity contribution in [1.82, 2.24) is 15.5 Å². The molecule has 0 atom stereocenters. The number of benzene rings is 2. The number of ether oxygens (including phenoxy) is 1. The van der Waals surface area contributed by atoms with Crippen molar-refractivity contribution in [3.05, 3.63) is 59.7 Å². The van der Waals surface area contributed by atoms with Crippen LogP contribution in [0.15, 0.2) is 48.5 Å². The highest BCUT2D eigenvalue weighted by molar-refractivity contribution is 6.02. The second-order valence-corrected chi connectivity index (χ2v) is 6.50. The van der Waals surface area contributed by atoms with Crippen LogP contribution in [0.25, 0.3) is 0 Å². The van der Waals surface area contributed by atoms with Gasteiger partial charge < -0.3 is 20.7 Å². The second kappa shape index (κ2) is 9.55. The molecule has 1 aliphatic rings. The molecule has 0 aliphatic carbocycles. The van der Waals surface area contributed by atoms with Gasteiger partial charge in [0.25, 0.3) is 5.91 Å². The highest BCUT2D eigenvalue weighted by atomic mass is 16.5. The summed E-state index contributed by atoms with van der Waals surface area (Å²) < 4.78 is 5.43. The largest absolute Gasteiger partial charge is 0.493 e. The normalized spacial score (nSPS) is 13.0. The third-order valence-electron chi connectivity index (χ3n) is 4.33. The van der Waals surface area contributed by atoms with E-state index in [1.165, 1.54) is 0 Å². The quantitative estimate of drug-likeness (QED) is 0.571. The molecule has 156 valence electrons. The van der Waals surface area contributed by atoms with Gasteiger partial charge in [0.1, 0.15) is 5.75 Å². The zero-order valence-corrected chi connectivity index (χ0v) is 16.4. The molecule has 1 aliphatic heterocycles. The Balaban J connectivity index is 1.56. The molecule has 0 bridgehead atoms. The van der Waals surface area contributed by atoms with Gasteiger partial charge in [0.2, 0.25) is 11.8 Å². The fraction of sp³-hybridized carbons (Fsp3) is 0.238. The average Bonchev–Trinajstić information content (AvgIpc) is 3.05. The topological polar surface area (TPSA) is 117 Å². The van der Waals surface area contributed by atoms with Gasteiger partial charge in [0, 0.05) is 5.69 Å². The number of anilines is 1. The maximum absolute atomic E-state index is 12.4. The van der Waals surface area contributed by atoms with Gasteiger partial charge in [0.05, 0.1) is 31.8 Å². The fourth-order valence-electron chi connectivity index (χ4n) is 2.94. The van der Waals surface area contributed by atoms with Crippen molar-refractivity contribution in [3.63, 3.8) is 0 Å². The number of hydrogen-bond acceptors (Lipinski definition) is 5. The van der Waals surface area contributed by atoms with Crippen LogP contribution in [0.2, 0.25) is 0 Å². The molecule has 0 aromatic heterocycles. The third-order valence-corrected chi connectivity index (χ3v) is 4.33. The van der Waals surface area contributed by atoms with Gasteiger partial charge in [0.15, 0.2) is 0 Å². The van der Waals surface area contributed by atoms with Gasteiger partial charge in [-0.1, -0.05) is 24.3 Å². The number of hydrogen-bond donors (Lipinski definition) is 3. The van der Waals surface area contributed by atoms with Crippen LogP contribution in [-0.2, 0) is 16.1 Å². The number of carbonyl (C=O) groups excluding carboxylic acids is 4. The molecule has 0 spiro atoms. The first-order valence-corrected chi connectivity index (χ1v) is 9.45. The number of nitrogens with zero attached hydrogens (tertiary/aromatic N) is 1. The summed E-state index contributed by atoms with van der Waals surface area (Å²) in [6, 6.07) is 13.2. The van der Waals surface area contributed by atoms with E-state index >= 15 is 0 Å². The maximum Gasteiger partial charge on any atom is 0.324 e. The molecule has 9 nitrogen and oxygen atoms in total. The fourth-order valence-corrected chi connectivity index (χ4v) is 2.94. The molecule has 0 saturated carbocycles. The Labute approximate surface area is 173 Å². The smallest absolute Gasteiger partial charge is 0.324 e. The minimum Gasteiger partial charge on any atom is -0.493 e. The molecule has 0 radical (unpaired) electrons. The first-order valence-electron chi connectivity index (χ1n) is 9.45. The van der Waals surface area contributed by atoms with Crippen molar-refractivity contribution < 1.29 is 23.9 Å². The monoisotopic (exact) mass is 410 g/mol. The molecule has 1 heterocycles. The summed E-state index contributed by atoms with van der Waals surface area (Å²) in [5, 5.41) is 7.71. The Morgan fingerprint density at radius 2 is 1.93 bits per heavy atom. The molecular formula is C21H22N4O5. The lowest BCUT2D eigenvalue weighted by Gasteiger charge is -2.14. The first-order chi connectivity index (χ1) is 14.5. The number of amides is 5. The lowest BCUT2D eigenvalue weighted by Crippen LogP contribution is -2.33. The van der Waals surface area contributed by atoms with E-state index in [-0.39, 0.29) is 25.5 Å². The summed E-state index contributed by atoms with van der Waals surface area (Å²) in [4.78, 5) is 49.1. The van der Waals surface area contributed by atoms with Crippen LogP contribution in [0.4, 0.5) is 10.5 Å². The Morgan fingerprint density at radius 3 is 2.67 bits per heavy atom. The van der Waals surface area contributed by atoms with E-state index in [1.54, 1.807) is 48.5 Å². The van der Waals surface area contributed by atoms with Gasteiger partial charge in [-0.2, -0.15) is 0 Å². The number of imide groups is 1. The highest BCUT2D eigenvalue weighted by Crippen LogP contribution is 2.18. The average molecular weight is 410 g/mol.